The maximum atomic E-state index is 11.7. The SMILES string of the molecule is O=C(CBr)NCCCCCCCC(=O)Nc1ccccc1. The summed E-state index contributed by atoms with van der Waals surface area (Å²) in [5.74, 6) is 0.110. The van der Waals surface area contributed by atoms with Gasteiger partial charge in [-0.05, 0) is 25.0 Å². The Hall–Kier alpha value is -1.36. The standard InChI is InChI=1S/C16H23BrN2O2/c17-13-16(21)18-12-8-3-1-2-7-11-15(20)19-14-9-5-4-6-10-14/h4-6,9-10H,1-3,7-8,11-13H2,(H,18,21)(H,19,20). The van der Waals surface area contributed by atoms with Gasteiger partial charge in [0.15, 0.2) is 0 Å². The minimum atomic E-state index is 0.0348. The maximum absolute atomic E-state index is 11.7. The fourth-order valence-corrected chi connectivity index (χ4v) is 2.16. The smallest absolute Gasteiger partial charge is 0.230 e. The summed E-state index contributed by atoms with van der Waals surface area (Å²) in [5.41, 5.74) is 0.852. The second-order valence-corrected chi connectivity index (χ2v) is 5.48. The van der Waals surface area contributed by atoms with Crippen molar-refractivity contribution in [2.45, 2.75) is 38.5 Å². The Kier molecular flexibility index (Phi) is 9.53. The van der Waals surface area contributed by atoms with Gasteiger partial charge in [0.2, 0.25) is 11.8 Å². The van der Waals surface area contributed by atoms with Crippen LogP contribution in [0.15, 0.2) is 30.3 Å². The van der Waals surface area contributed by atoms with Gasteiger partial charge >= 0.3 is 0 Å². The third kappa shape index (κ3) is 9.24. The lowest BCUT2D eigenvalue weighted by Gasteiger charge is -2.05. The number of amides is 2. The van der Waals surface area contributed by atoms with E-state index in [1.165, 1.54) is 0 Å². The van der Waals surface area contributed by atoms with Crippen molar-refractivity contribution in [1.29, 1.82) is 0 Å². The zero-order chi connectivity index (χ0) is 15.3. The van der Waals surface area contributed by atoms with Crippen LogP contribution in [0.3, 0.4) is 0 Å². The first kappa shape index (κ1) is 17.7. The zero-order valence-electron chi connectivity index (χ0n) is 12.2. The largest absolute Gasteiger partial charge is 0.355 e. The average molecular weight is 355 g/mol. The Morgan fingerprint density at radius 3 is 2.29 bits per heavy atom. The molecule has 0 aromatic heterocycles. The second kappa shape index (κ2) is 11.3. The van der Waals surface area contributed by atoms with Crippen molar-refractivity contribution in [1.82, 2.24) is 5.32 Å². The van der Waals surface area contributed by atoms with Gasteiger partial charge in [-0.2, -0.15) is 0 Å². The molecular formula is C16H23BrN2O2. The molecule has 1 rings (SSSR count). The summed E-state index contributed by atoms with van der Waals surface area (Å²) in [6.45, 7) is 0.735. The third-order valence-corrected chi connectivity index (χ3v) is 3.59. The summed E-state index contributed by atoms with van der Waals surface area (Å²) < 4.78 is 0. The van der Waals surface area contributed by atoms with Crippen molar-refractivity contribution >= 4 is 33.4 Å². The predicted molar refractivity (Wildman–Crippen MR) is 89.6 cm³/mol. The highest BCUT2D eigenvalue weighted by atomic mass is 79.9. The topological polar surface area (TPSA) is 58.2 Å². The normalized spacial score (nSPS) is 10.1. The average Bonchev–Trinajstić information content (AvgIpc) is 2.50. The van der Waals surface area contributed by atoms with E-state index in [1.54, 1.807) is 0 Å². The van der Waals surface area contributed by atoms with E-state index in [4.69, 9.17) is 0 Å². The first-order valence-electron chi connectivity index (χ1n) is 7.40. The van der Waals surface area contributed by atoms with Crippen molar-refractivity contribution in [2.24, 2.45) is 0 Å². The summed E-state index contributed by atoms with van der Waals surface area (Å²) in [6, 6.07) is 9.52. The van der Waals surface area contributed by atoms with Crippen LogP contribution in [0.5, 0.6) is 0 Å². The molecule has 116 valence electrons. The molecule has 2 N–H and O–H groups in total. The molecule has 0 atom stereocenters. The molecule has 0 aliphatic rings. The van der Waals surface area contributed by atoms with Crippen molar-refractivity contribution < 1.29 is 9.59 Å². The minimum absolute atomic E-state index is 0.0348. The van der Waals surface area contributed by atoms with Crippen LogP contribution < -0.4 is 10.6 Å². The van der Waals surface area contributed by atoms with Gasteiger partial charge in [0.1, 0.15) is 0 Å². The molecule has 0 aliphatic heterocycles. The monoisotopic (exact) mass is 354 g/mol. The maximum Gasteiger partial charge on any atom is 0.230 e. The van der Waals surface area contributed by atoms with Gasteiger partial charge in [-0.3, -0.25) is 9.59 Å². The Morgan fingerprint density at radius 2 is 1.57 bits per heavy atom. The molecule has 0 saturated carbocycles. The number of carbonyl (C=O) groups is 2. The van der Waals surface area contributed by atoms with Crippen LogP contribution >= 0.6 is 15.9 Å². The molecule has 4 nitrogen and oxygen atoms in total. The van der Waals surface area contributed by atoms with E-state index in [0.29, 0.717) is 11.8 Å². The van der Waals surface area contributed by atoms with Gasteiger partial charge in [0.25, 0.3) is 0 Å². The Labute approximate surface area is 134 Å². The van der Waals surface area contributed by atoms with E-state index in [2.05, 4.69) is 26.6 Å². The molecule has 1 aromatic carbocycles. The lowest BCUT2D eigenvalue weighted by atomic mass is 10.1. The number of hydrogen-bond donors (Lipinski definition) is 2. The predicted octanol–water partition coefficient (Wildman–Crippen LogP) is 3.48. The highest BCUT2D eigenvalue weighted by Gasteiger charge is 2.01. The molecule has 0 aliphatic carbocycles. The Balaban J connectivity index is 1.94. The molecule has 0 heterocycles. The third-order valence-electron chi connectivity index (χ3n) is 3.08. The first-order chi connectivity index (χ1) is 10.2. The highest BCUT2D eigenvalue weighted by Crippen LogP contribution is 2.09. The summed E-state index contributed by atoms with van der Waals surface area (Å²) in [4.78, 5) is 22.7. The Morgan fingerprint density at radius 1 is 0.905 bits per heavy atom. The summed E-state index contributed by atoms with van der Waals surface area (Å²) in [6.07, 6.45) is 5.71. The highest BCUT2D eigenvalue weighted by molar-refractivity contribution is 9.09. The van der Waals surface area contributed by atoms with Crippen LogP contribution in [0.4, 0.5) is 5.69 Å². The Bertz CT molecular complexity index is 424. The summed E-state index contributed by atoms with van der Waals surface area (Å²) >= 11 is 3.11. The number of nitrogens with one attached hydrogen (secondary N) is 2. The van der Waals surface area contributed by atoms with Gasteiger partial charge < -0.3 is 10.6 Å². The number of unbranched alkanes of at least 4 members (excludes halogenated alkanes) is 4. The molecule has 0 radical (unpaired) electrons. The van der Waals surface area contributed by atoms with Gasteiger partial charge in [-0.1, -0.05) is 53.4 Å². The lowest BCUT2D eigenvalue weighted by Crippen LogP contribution is -2.25. The second-order valence-electron chi connectivity index (χ2n) is 4.92. The number of carbonyl (C=O) groups excluding carboxylic acids is 2. The van der Waals surface area contributed by atoms with Crippen molar-refractivity contribution in [3.05, 3.63) is 30.3 Å². The zero-order valence-corrected chi connectivity index (χ0v) is 13.8. The van der Waals surface area contributed by atoms with E-state index < -0.39 is 0 Å². The number of halogens is 1. The molecule has 5 heteroatoms. The van der Waals surface area contributed by atoms with E-state index in [-0.39, 0.29) is 11.8 Å². The van der Waals surface area contributed by atoms with Crippen molar-refractivity contribution in [3.8, 4) is 0 Å². The molecular weight excluding hydrogens is 332 g/mol. The van der Waals surface area contributed by atoms with Crippen LogP contribution in [0.25, 0.3) is 0 Å². The number of para-hydroxylation sites is 1. The van der Waals surface area contributed by atoms with Gasteiger partial charge in [-0.15, -0.1) is 0 Å². The van der Waals surface area contributed by atoms with Crippen LogP contribution in [0, 0.1) is 0 Å². The van der Waals surface area contributed by atoms with E-state index in [0.717, 1.165) is 44.3 Å². The first-order valence-corrected chi connectivity index (χ1v) is 8.52. The number of anilines is 1. The summed E-state index contributed by atoms with van der Waals surface area (Å²) in [7, 11) is 0. The van der Waals surface area contributed by atoms with Crippen LogP contribution in [0.1, 0.15) is 38.5 Å². The molecule has 0 saturated heterocycles. The number of hydrogen-bond acceptors (Lipinski definition) is 2. The molecule has 0 unspecified atom stereocenters. The van der Waals surface area contributed by atoms with E-state index in [1.807, 2.05) is 30.3 Å². The van der Waals surface area contributed by atoms with Gasteiger partial charge in [0, 0.05) is 18.7 Å². The summed E-state index contributed by atoms with van der Waals surface area (Å²) in [5, 5.41) is 6.06. The fraction of sp³-hybridized carbons (Fsp3) is 0.500. The lowest BCUT2D eigenvalue weighted by molar-refractivity contribution is -0.118. The molecule has 0 spiro atoms. The van der Waals surface area contributed by atoms with Gasteiger partial charge in [0.05, 0.1) is 5.33 Å². The molecule has 0 fully saturated rings. The molecule has 21 heavy (non-hydrogen) atoms. The van der Waals surface area contributed by atoms with Crippen LogP contribution in [-0.4, -0.2) is 23.7 Å². The number of rotatable bonds is 10. The quantitative estimate of drug-likeness (QED) is 0.499. The van der Waals surface area contributed by atoms with Crippen molar-refractivity contribution in [3.63, 3.8) is 0 Å². The fourth-order valence-electron chi connectivity index (χ4n) is 1.96. The van der Waals surface area contributed by atoms with Crippen molar-refractivity contribution in [2.75, 3.05) is 17.2 Å². The van der Waals surface area contributed by atoms with Crippen LogP contribution in [-0.2, 0) is 9.59 Å². The number of alkyl halides is 1. The molecule has 2 amide bonds. The molecule has 0 bridgehead atoms. The van der Waals surface area contributed by atoms with Crippen LogP contribution in [0.2, 0.25) is 0 Å². The van der Waals surface area contributed by atoms with Gasteiger partial charge in [-0.25, -0.2) is 0 Å². The molecule has 1 aromatic rings. The van der Waals surface area contributed by atoms with E-state index >= 15 is 0 Å². The number of benzene rings is 1. The minimum Gasteiger partial charge on any atom is -0.355 e. The van der Waals surface area contributed by atoms with E-state index in [9.17, 15) is 9.59 Å².